The van der Waals surface area contributed by atoms with Crippen LogP contribution < -0.4 is 5.32 Å². The highest BCUT2D eigenvalue weighted by Gasteiger charge is 2.30. The monoisotopic (exact) mass is 542 g/mol. The molecule has 36 heavy (non-hydrogen) atoms. The molecule has 2 amide bonds. The van der Waals surface area contributed by atoms with Crippen LogP contribution >= 0.6 is 35.0 Å². The molecule has 0 aliphatic heterocycles. The number of thioether (sulfide) groups is 1. The van der Waals surface area contributed by atoms with E-state index in [0.717, 1.165) is 16.7 Å². The summed E-state index contributed by atoms with van der Waals surface area (Å²) in [5.74, 6) is 0.986. The van der Waals surface area contributed by atoms with Gasteiger partial charge < -0.3 is 10.2 Å². The molecule has 0 radical (unpaired) electrons. The maximum atomic E-state index is 13.6. The Morgan fingerprint density at radius 2 is 1.56 bits per heavy atom. The molecular weight excluding hydrogens is 511 g/mol. The average Bonchev–Trinajstić information content (AvgIpc) is 2.86. The second-order valence-corrected chi connectivity index (χ2v) is 11.0. The number of hydrogen-bond acceptors (Lipinski definition) is 3. The van der Waals surface area contributed by atoms with Gasteiger partial charge in [-0.15, -0.1) is 11.8 Å². The molecule has 0 saturated carbocycles. The standard InChI is InChI=1S/C29H32Cl2N2O2S/c1-21(2)17-32-29(35)27(16-22-7-4-3-5-8-22)33(18-23-11-13-25(30)14-12-23)28(34)20-36-19-24-9-6-10-26(31)15-24/h3-15,21,27H,16-20H2,1-2H3,(H,32,35). The second-order valence-electron chi connectivity index (χ2n) is 9.12. The molecule has 0 aliphatic carbocycles. The quantitative estimate of drug-likeness (QED) is 0.279. The van der Waals surface area contributed by atoms with E-state index in [-0.39, 0.29) is 17.6 Å². The molecule has 0 aliphatic rings. The van der Waals surface area contributed by atoms with E-state index in [2.05, 4.69) is 19.2 Å². The van der Waals surface area contributed by atoms with Crippen LogP contribution in [0.2, 0.25) is 10.0 Å². The maximum absolute atomic E-state index is 13.6. The summed E-state index contributed by atoms with van der Waals surface area (Å²) in [6, 6.07) is 24.2. The van der Waals surface area contributed by atoms with Crippen molar-refractivity contribution in [2.24, 2.45) is 5.92 Å². The van der Waals surface area contributed by atoms with E-state index in [9.17, 15) is 9.59 Å². The van der Waals surface area contributed by atoms with Gasteiger partial charge in [0.1, 0.15) is 6.04 Å². The van der Waals surface area contributed by atoms with Crippen LogP contribution in [0, 0.1) is 5.92 Å². The first kappa shape index (κ1) is 28.1. The number of nitrogens with one attached hydrogen (secondary N) is 1. The molecule has 190 valence electrons. The molecule has 3 aromatic carbocycles. The van der Waals surface area contributed by atoms with E-state index >= 15 is 0 Å². The Bertz CT molecular complexity index is 1120. The molecule has 0 aromatic heterocycles. The van der Waals surface area contributed by atoms with E-state index in [1.807, 2.05) is 66.7 Å². The van der Waals surface area contributed by atoms with Crippen LogP contribution in [0.15, 0.2) is 78.9 Å². The molecule has 1 N–H and O–H groups in total. The topological polar surface area (TPSA) is 49.4 Å². The lowest BCUT2D eigenvalue weighted by atomic mass is 10.0. The largest absolute Gasteiger partial charge is 0.354 e. The molecule has 1 atom stereocenters. The molecule has 4 nitrogen and oxygen atoms in total. The van der Waals surface area contributed by atoms with Gasteiger partial charge in [0, 0.05) is 35.3 Å². The molecule has 3 aromatic rings. The SMILES string of the molecule is CC(C)CNC(=O)C(Cc1ccccc1)N(Cc1ccc(Cl)cc1)C(=O)CSCc1cccc(Cl)c1. The van der Waals surface area contributed by atoms with Crippen molar-refractivity contribution in [3.05, 3.63) is 106 Å². The van der Waals surface area contributed by atoms with E-state index in [4.69, 9.17) is 23.2 Å². The summed E-state index contributed by atoms with van der Waals surface area (Å²) in [4.78, 5) is 28.8. The molecule has 3 rings (SSSR count). The summed E-state index contributed by atoms with van der Waals surface area (Å²) in [7, 11) is 0. The fourth-order valence-electron chi connectivity index (χ4n) is 3.73. The lowest BCUT2D eigenvalue weighted by Gasteiger charge is -2.32. The van der Waals surface area contributed by atoms with Crippen molar-refractivity contribution in [2.45, 2.75) is 38.6 Å². The fraction of sp³-hybridized carbons (Fsp3) is 0.310. The number of carbonyl (C=O) groups is 2. The normalized spacial score (nSPS) is 11.8. The van der Waals surface area contributed by atoms with Crippen LogP contribution in [0.25, 0.3) is 0 Å². The van der Waals surface area contributed by atoms with Crippen molar-refractivity contribution >= 4 is 46.8 Å². The highest BCUT2D eigenvalue weighted by Crippen LogP contribution is 2.21. The van der Waals surface area contributed by atoms with E-state index in [1.165, 1.54) is 11.8 Å². The lowest BCUT2D eigenvalue weighted by Crippen LogP contribution is -2.51. The molecule has 0 bridgehead atoms. The summed E-state index contributed by atoms with van der Waals surface area (Å²) in [6.45, 7) is 4.97. The van der Waals surface area contributed by atoms with Crippen molar-refractivity contribution in [3.8, 4) is 0 Å². The first-order valence-corrected chi connectivity index (χ1v) is 13.9. The van der Waals surface area contributed by atoms with Crippen LogP contribution in [0.5, 0.6) is 0 Å². The van der Waals surface area contributed by atoms with Crippen molar-refractivity contribution in [3.63, 3.8) is 0 Å². The number of carbonyl (C=O) groups excluding carboxylic acids is 2. The second kappa shape index (κ2) is 14.3. The predicted molar refractivity (Wildman–Crippen MR) is 151 cm³/mol. The highest BCUT2D eigenvalue weighted by molar-refractivity contribution is 7.99. The van der Waals surface area contributed by atoms with Crippen molar-refractivity contribution < 1.29 is 9.59 Å². The predicted octanol–water partition coefficient (Wildman–Crippen LogP) is 6.64. The average molecular weight is 544 g/mol. The third-order valence-corrected chi connectivity index (χ3v) is 7.08. The van der Waals surface area contributed by atoms with Crippen LogP contribution in [0.3, 0.4) is 0 Å². The fourth-order valence-corrected chi connectivity index (χ4v) is 4.93. The lowest BCUT2D eigenvalue weighted by molar-refractivity contribution is -0.139. The minimum absolute atomic E-state index is 0.0855. The number of nitrogens with zero attached hydrogens (tertiary/aromatic N) is 1. The van der Waals surface area contributed by atoms with Crippen LogP contribution in [-0.2, 0) is 28.3 Å². The van der Waals surface area contributed by atoms with Gasteiger partial charge in [0.2, 0.25) is 11.8 Å². The summed E-state index contributed by atoms with van der Waals surface area (Å²) in [5, 5.41) is 4.35. The summed E-state index contributed by atoms with van der Waals surface area (Å²) < 4.78 is 0. The van der Waals surface area contributed by atoms with Gasteiger partial charge >= 0.3 is 0 Å². The van der Waals surface area contributed by atoms with E-state index < -0.39 is 6.04 Å². The van der Waals surface area contributed by atoms with Crippen molar-refractivity contribution in [2.75, 3.05) is 12.3 Å². The number of amides is 2. The molecule has 1 unspecified atom stereocenters. The Hall–Kier alpha value is -2.47. The Labute approximate surface area is 228 Å². The van der Waals surface area contributed by atoms with Gasteiger partial charge in [0.15, 0.2) is 0 Å². The van der Waals surface area contributed by atoms with E-state index in [1.54, 1.807) is 17.0 Å². The number of benzene rings is 3. The van der Waals surface area contributed by atoms with Gasteiger partial charge in [-0.2, -0.15) is 0 Å². The Morgan fingerprint density at radius 1 is 0.861 bits per heavy atom. The van der Waals surface area contributed by atoms with Crippen molar-refractivity contribution in [1.29, 1.82) is 0 Å². The van der Waals surface area contributed by atoms with Crippen LogP contribution in [0.1, 0.15) is 30.5 Å². The molecule has 0 heterocycles. The first-order valence-electron chi connectivity index (χ1n) is 12.0. The zero-order valence-electron chi connectivity index (χ0n) is 20.6. The zero-order chi connectivity index (χ0) is 25.9. The number of halogens is 2. The number of hydrogen-bond donors (Lipinski definition) is 1. The molecular formula is C29H32Cl2N2O2S. The summed E-state index contributed by atoms with van der Waals surface area (Å²) in [6.07, 6.45) is 0.434. The highest BCUT2D eigenvalue weighted by atomic mass is 35.5. The summed E-state index contributed by atoms with van der Waals surface area (Å²) in [5.41, 5.74) is 2.98. The molecule has 7 heteroatoms. The van der Waals surface area contributed by atoms with Gasteiger partial charge in [0.25, 0.3) is 0 Å². The maximum Gasteiger partial charge on any atom is 0.243 e. The summed E-state index contributed by atoms with van der Waals surface area (Å²) >= 11 is 13.7. The Kier molecular flexibility index (Phi) is 11.2. The van der Waals surface area contributed by atoms with Gasteiger partial charge in [-0.3, -0.25) is 9.59 Å². The van der Waals surface area contributed by atoms with Gasteiger partial charge in [0.05, 0.1) is 5.75 Å². The van der Waals surface area contributed by atoms with E-state index in [0.29, 0.717) is 41.2 Å². The third-order valence-electron chi connectivity index (χ3n) is 5.61. The molecule has 0 spiro atoms. The van der Waals surface area contributed by atoms with Crippen LogP contribution in [-0.4, -0.2) is 35.1 Å². The molecule has 0 fully saturated rings. The minimum Gasteiger partial charge on any atom is -0.354 e. The Morgan fingerprint density at radius 3 is 2.22 bits per heavy atom. The van der Waals surface area contributed by atoms with Gasteiger partial charge in [-0.25, -0.2) is 0 Å². The van der Waals surface area contributed by atoms with Gasteiger partial charge in [-0.05, 0) is 46.9 Å². The minimum atomic E-state index is -0.638. The van der Waals surface area contributed by atoms with Gasteiger partial charge in [-0.1, -0.05) is 91.6 Å². The van der Waals surface area contributed by atoms with Crippen LogP contribution in [0.4, 0.5) is 0 Å². The van der Waals surface area contributed by atoms with Crippen molar-refractivity contribution in [1.82, 2.24) is 10.2 Å². The molecule has 0 saturated heterocycles. The number of rotatable bonds is 12. The smallest absolute Gasteiger partial charge is 0.243 e. The first-order chi connectivity index (χ1) is 17.3. The Balaban J connectivity index is 1.83. The third kappa shape index (κ3) is 9.20. The zero-order valence-corrected chi connectivity index (χ0v) is 23.0.